The van der Waals surface area contributed by atoms with Gasteiger partial charge in [0.2, 0.25) is 0 Å². The molecule has 1 aromatic heterocycles. The Kier molecular flexibility index (Phi) is 3.72. The van der Waals surface area contributed by atoms with Crippen molar-refractivity contribution in [3.05, 3.63) is 57.9 Å². The molecule has 1 heterocycles. The lowest BCUT2D eigenvalue weighted by atomic mass is 10.2. The lowest BCUT2D eigenvalue weighted by molar-refractivity contribution is 0.102. The van der Waals surface area contributed by atoms with Gasteiger partial charge in [-0.05, 0) is 58.7 Å². The van der Waals surface area contributed by atoms with Crippen molar-refractivity contribution in [2.45, 2.75) is 6.92 Å². The molecule has 0 aliphatic rings. The molecule has 2 rings (SSSR count). The van der Waals surface area contributed by atoms with Gasteiger partial charge < -0.3 is 5.32 Å². The molecular weight excluding hydrogens is 299 g/mol. The molecule has 0 saturated heterocycles. The van der Waals surface area contributed by atoms with E-state index in [1.165, 1.54) is 24.3 Å². The third-order valence-electron chi connectivity index (χ3n) is 2.39. The summed E-state index contributed by atoms with van der Waals surface area (Å²) < 4.78 is 13.6. The van der Waals surface area contributed by atoms with Gasteiger partial charge in [0.15, 0.2) is 0 Å². The van der Waals surface area contributed by atoms with Gasteiger partial charge in [-0.2, -0.15) is 0 Å². The van der Waals surface area contributed by atoms with E-state index in [4.69, 9.17) is 0 Å². The van der Waals surface area contributed by atoms with Crippen LogP contribution >= 0.6 is 15.9 Å². The van der Waals surface area contributed by atoms with Crippen LogP contribution in [0.15, 0.2) is 41.0 Å². The number of pyridine rings is 1. The molecule has 0 aliphatic carbocycles. The van der Waals surface area contributed by atoms with Crippen LogP contribution in [0.25, 0.3) is 0 Å². The Hall–Kier alpha value is -1.75. The summed E-state index contributed by atoms with van der Waals surface area (Å²) >= 11 is 3.33. The fourth-order valence-corrected chi connectivity index (χ4v) is 1.61. The third-order valence-corrected chi connectivity index (χ3v) is 3.23. The van der Waals surface area contributed by atoms with Crippen molar-refractivity contribution >= 4 is 27.7 Å². The number of aromatic nitrogens is 1. The quantitative estimate of drug-likeness (QED) is 0.922. The first-order valence-corrected chi connectivity index (χ1v) is 6.04. The van der Waals surface area contributed by atoms with E-state index in [9.17, 15) is 9.18 Å². The molecule has 0 bridgehead atoms. The minimum atomic E-state index is -0.371. The second-order valence-electron chi connectivity index (χ2n) is 3.78. The van der Waals surface area contributed by atoms with Gasteiger partial charge in [0, 0.05) is 16.2 Å². The predicted octanol–water partition coefficient (Wildman–Crippen LogP) is 3.54. The molecule has 0 fully saturated rings. The van der Waals surface area contributed by atoms with Crippen molar-refractivity contribution in [2.75, 3.05) is 5.32 Å². The van der Waals surface area contributed by atoms with E-state index in [1.54, 1.807) is 12.3 Å². The van der Waals surface area contributed by atoms with E-state index in [-0.39, 0.29) is 11.7 Å². The molecule has 18 heavy (non-hydrogen) atoms. The zero-order valence-corrected chi connectivity index (χ0v) is 11.2. The molecule has 0 aliphatic heterocycles. The Bertz CT molecular complexity index is 584. The summed E-state index contributed by atoms with van der Waals surface area (Å²) in [5.74, 6) is -0.224. The lowest BCUT2D eigenvalue weighted by Crippen LogP contribution is -2.13. The molecule has 3 nitrogen and oxygen atoms in total. The number of hydrogen-bond donors (Lipinski definition) is 1. The van der Waals surface area contributed by atoms with E-state index >= 15 is 0 Å². The smallest absolute Gasteiger partial charge is 0.256 e. The van der Waals surface area contributed by atoms with Crippen molar-refractivity contribution in [2.24, 2.45) is 0 Å². The summed E-state index contributed by atoms with van der Waals surface area (Å²) in [5.41, 5.74) is 1.36. The lowest BCUT2D eigenvalue weighted by Gasteiger charge is -2.06. The first kappa shape index (κ1) is 12.7. The van der Waals surface area contributed by atoms with Crippen LogP contribution in [-0.4, -0.2) is 10.9 Å². The maximum Gasteiger partial charge on any atom is 0.256 e. The number of carbonyl (C=O) groups is 1. The molecule has 0 atom stereocenters. The highest BCUT2D eigenvalue weighted by Gasteiger charge is 2.07. The topological polar surface area (TPSA) is 42.0 Å². The Morgan fingerprint density at radius 2 is 2.00 bits per heavy atom. The maximum atomic E-state index is 12.7. The third kappa shape index (κ3) is 2.92. The van der Waals surface area contributed by atoms with Gasteiger partial charge in [-0.25, -0.2) is 9.37 Å². The highest BCUT2D eigenvalue weighted by atomic mass is 79.9. The van der Waals surface area contributed by atoms with Crippen LogP contribution in [0.1, 0.15) is 15.9 Å². The van der Waals surface area contributed by atoms with Gasteiger partial charge in [0.05, 0.1) is 0 Å². The van der Waals surface area contributed by atoms with E-state index in [0.717, 1.165) is 10.0 Å². The maximum absolute atomic E-state index is 12.7. The van der Waals surface area contributed by atoms with Crippen LogP contribution < -0.4 is 5.32 Å². The van der Waals surface area contributed by atoms with Crippen LogP contribution in [0.3, 0.4) is 0 Å². The number of rotatable bonds is 2. The number of aryl methyl sites for hydroxylation is 1. The Balaban J connectivity index is 2.16. The highest BCUT2D eigenvalue weighted by Crippen LogP contribution is 2.17. The van der Waals surface area contributed by atoms with Gasteiger partial charge in [-0.1, -0.05) is 0 Å². The zero-order chi connectivity index (χ0) is 13.1. The van der Waals surface area contributed by atoms with E-state index in [1.807, 2.05) is 6.92 Å². The molecule has 92 valence electrons. The first-order valence-electron chi connectivity index (χ1n) is 5.25. The summed E-state index contributed by atoms with van der Waals surface area (Å²) in [6.07, 6.45) is 1.62. The zero-order valence-electron chi connectivity index (χ0n) is 9.58. The Labute approximate surface area is 112 Å². The predicted molar refractivity (Wildman–Crippen MR) is 71.0 cm³/mol. The van der Waals surface area contributed by atoms with Crippen molar-refractivity contribution in [3.63, 3.8) is 0 Å². The second kappa shape index (κ2) is 5.27. The molecule has 1 N–H and O–H groups in total. The molecule has 1 aromatic carbocycles. The van der Waals surface area contributed by atoms with Crippen molar-refractivity contribution in [1.29, 1.82) is 0 Å². The summed E-state index contributed by atoms with van der Waals surface area (Å²) in [7, 11) is 0. The number of amides is 1. The minimum Gasteiger partial charge on any atom is -0.307 e. The van der Waals surface area contributed by atoms with E-state index in [2.05, 4.69) is 26.2 Å². The van der Waals surface area contributed by atoms with Crippen LogP contribution in [0.5, 0.6) is 0 Å². The standard InChI is InChI=1S/C13H10BrFN2O/c1-8-6-12(16-7-11(8)14)17-13(18)9-2-4-10(15)5-3-9/h2-7H,1H3,(H,16,17,18). The van der Waals surface area contributed by atoms with Crippen LogP contribution in [-0.2, 0) is 0 Å². The summed E-state index contributed by atoms with van der Waals surface area (Å²) in [5, 5.41) is 2.65. The number of hydrogen-bond acceptors (Lipinski definition) is 2. The fourth-order valence-electron chi connectivity index (χ4n) is 1.40. The fraction of sp³-hybridized carbons (Fsp3) is 0.0769. The molecule has 1 amide bonds. The van der Waals surface area contributed by atoms with Gasteiger partial charge in [0.25, 0.3) is 5.91 Å². The van der Waals surface area contributed by atoms with Crippen LogP contribution in [0, 0.1) is 12.7 Å². The number of nitrogens with one attached hydrogen (secondary N) is 1. The molecule has 0 spiro atoms. The Morgan fingerprint density at radius 3 is 2.61 bits per heavy atom. The molecular formula is C13H10BrFN2O. The number of halogens is 2. The normalized spacial score (nSPS) is 10.2. The van der Waals surface area contributed by atoms with Crippen LogP contribution in [0.2, 0.25) is 0 Å². The highest BCUT2D eigenvalue weighted by molar-refractivity contribution is 9.10. The van der Waals surface area contributed by atoms with Gasteiger partial charge >= 0.3 is 0 Å². The molecule has 5 heteroatoms. The Morgan fingerprint density at radius 1 is 1.33 bits per heavy atom. The average Bonchev–Trinajstić information content (AvgIpc) is 2.34. The number of carbonyl (C=O) groups excluding carboxylic acids is 1. The van der Waals surface area contributed by atoms with E-state index < -0.39 is 0 Å². The largest absolute Gasteiger partial charge is 0.307 e. The summed E-state index contributed by atoms with van der Waals surface area (Å²) in [6, 6.07) is 7.10. The van der Waals surface area contributed by atoms with E-state index in [0.29, 0.717) is 11.4 Å². The first-order chi connectivity index (χ1) is 8.56. The SMILES string of the molecule is Cc1cc(NC(=O)c2ccc(F)cc2)ncc1Br. The molecule has 0 radical (unpaired) electrons. The van der Waals surface area contributed by atoms with Crippen molar-refractivity contribution in [3.8, 4) is 0 Å². The van der Waals surface area contributed by atoms with Gasteiger partial charge in [-0.3, -0.25) is 4.79 Å². The number of anilines is 1. The summed E-state index contributed by atoms with van der Waals surface area (Å²) in [6.45, 7) is 1.90. The monoisotopic (exact) mass is 308 g/mol. The molecule has 0 unspecified atom stereocenters. The van der Waals surface area contributed by atoms with Gasteiger partial charge in [0.1, 0.15) is 11.6 Å². The van der Waals surface area contributed by atoms with Crippen molar-refractivity contribution in [1.82, 2.24) is 4.98 Å². The number of benzene rings is 1. The summed E-state index contributed by atoms with van der Waals surface area (Å²) in [4.78, 5) is 15.9. The average molecular weight is 309 g/mol. The van der Waals surface area contributed by atoms with Crippen LogP contribution in [0.4, 0.5) is 10.2 Å². The minimum absolute atomic E-state index is 0.316. The molecule has 0 saturated carbocycles. The number of nitrogens with zero attached hydrogens (tertiary/aromatic N) is 1. The van der Waals surface area contributed by atoms with Crippen molar-refractivity contribution < 1.29 is 9.18 Å². The molecule has 2 aromatic rings. The van der Waals surface area contributed by atoms with Gasteiger partial charge in [-0.15, -0.1) is 0 Å². The second-order valence-corrected chi connectivity index (χ2v) is 4.63.